The van der Waals surface area contributed by atoms with Gasteiger partial charge in [-0.05, 0) is 51.0 Å². The highest BCUT2D eigenvalue weighted by molar-refractivity contribution is 8.00. The average Bonchev–Trinajstić information content (AvgIpc) is 2.61. The number of para-hydroxylation sites is 1. The van der Waals surface area contributed by atoms with Gasteiger partial charge in [0, 0.05) is 4.90 Å². The van der Waals surface area contributed by atoms with Crippen molar-refractivity contribution in [1.82, 2.24) is 5.32 Å². The molecular formula is C21H25NO4S. The lowest BCUT2D eigenvalue weighted by Crippen LogP contribution is -2.37. The Morgan fingerprint density at radius 2 is 1.70 bits per heavy atom. The fourth-order valence-corrected chi connectivity index (χ4v) is 3.50. The fraction of sp³-hybridized carbons (Fsp3) is 0.333. The Hall–Kier alpha value is -2.47. The number of amides is 1. The third kappa shape index (κ3) is 5.76. The van der Waals surface area contributed by atoms with E-state index in [4.69, 9.17) is 9.84 Å². The lowest BCUT2D eigenvalue weighted by molar-refractivity contribution is -0.136. The van der Waals surface area contributed by atoms with Gasteiger partial charge in [-0.2, -0.15) is 0 Å². The van der Waals surface area contributed by atoms with E-state index in [1.54, 1.807) is 31.2 Å². The van der Waals surface area contributed by atoms with Gasteiger partial charge in [-0.3, -0.25) is 9.59 Å². The second kappa shape index (κ2) is 9.46. The Morgan fingerprint density at radius 3 is 2.33 bits per heavy atom. The first-order valence-electron chi connectivity index (χ1n) is 8.78. The van der Waals surface area contributed by atoms with Gasteiger partial charge in [-0.1, -0.05) is 30.3 Å². The van der Waals surface area contributed by atoms with Crippen LogP contribution >= 0.6 is 11.8 Å². The van der Waals surface area contributed by atoms with Crippen molar-refractivity contribution in [3.63, 3.8) is 0 Å². The van der Waals surface area contributed by atoms with Crippen molar-refractivity contribution in [3.8, 4) is 5.75 Å². The lowest BCUT2D eigenvalue weighted by Gasteiger charge is -2.18. The quantitative estimate of drug-likeness (QED) is 0.668. The highest BCUT2D eigenvalue weighted by Gasteiger charge is 2.19. The highest BCUT2D eigenvalue weighted by atomic mass is 32.2. The van der Waals surface area contributed by atoms with Gasteiger partial charge >= 0.3 is 5.97 Å². The van der Waals surface area contributed by atoms with Gasteiger partial charge in [0.25, 0.3) is 5.91 Å². The van der Waals surface area contributed by atoms with E-state index in [1.165, 1.54) is 0 Å². The number of aryl methyl sites for hydroxylation is 2. The number of rotatable bonds is 8. The Labute approximate surface area is 164 Å². The van der Waals surface area contributed by atoms with Crippen LogP contribution in [0.25, 0.3) is 0 Å². The van der Waals surface area contributed by atoms with Crippen LogP contribution in [0.2, 0.25) is 0 Å². The number of carboxylic acid groups (broad SMARTS) is 1. The van der Waals surface area contributed by atoms with E-state index < -0.39 is 11.2 Å². The molecule has 0 saturated carbocycles. The number of carbonyl (C=O) groups excluding carboxylic acids is 1. The molecule has 2 unspecified atom stereocenters. The summed E-state index contributed by atoms with van der Waals surface area (Å²) < 4.78 is 5.89. The molecule has 0 aliphatic carbocycles. The molecule has 2 rings (SSSR count). The van der Waals surface area contributed by atoms with Crippen LogP contribution in [0, 0.1) is 13.8 Å². The number of nitrogens with one attached hydrogen (secondary N) is 1. The van der Waals surface area contributed by atoms with E-state index in [0.29, 0.717) is 17.1 Å². The van der Waals surface area contributed by atoms with Crippen molar-refractivity contribution >= 4 is 23.6 Å². The second-order valence-electron chi connectivity index (χ2n) is 6.50. The van der Waals surface area contributed by atoms with Crippen LogP contribution in [-0.4, -0.2) is 34.9 Å². The number of aliphatic carboxylic acids is 1. The molecule has 2 aromatic carbocycles. The molecule has 2 aromatic rings. The summed E-state index contributed by atoms with van der Waals surface area (Å²) in [6, 6.07) is 12.8. The van der Waals surface area contributed by atoms with E-state index in [9.17, 15) is 9.59 Å². The van der Waals surface area contributed by atoms with Crippen molar-refractivity contribution in [2.75, 3.05) is 6.61 Å². The number of benzene rings is 2. The van der Waals surface area contributed by atoms with Crippen molar-refractivity contribution in [2.45, 2.75) is 43.9 Å². The number of hydrogen-bond donors (Lipinski definition) is 2. The van der Waals surface area contributed by atoms with E-state index in [-0.39, 0.29) is 11.9 Å². The highest BCUT2D eigenvalue weighted by Crippen LogP contribution is 2.27. The van der Waals surface area contributed by atoms with Gasteiger partial charge in [0.2, 0.25) is 0 Å². The number of hydrogen-bond acceptors (Lipinski definition) is 4. The largest absolute Gasteiger partial charge is 0.491 e. The van der Waals surface area contributed by atoms with Crippen LogP contribution in [0.5, 0.6) is 5.75 Å². The van der Waals surface area contributed by atoms with Gasteiger partial charge in [-0.25, -0.2) is 0 Å². The van der Waals surface area contributed by atoms with Crippen molar-refractivity contribution in [1.29, 1.82) is 0 Å². The minimum atomic E-state index is -0.911. The molecule has 0 saturated heterocycles. The van der Waals surface area contributed by atoms with E-state index >= 15 is 0 Å². The molecule has 1 amide bonds. The maximum Gasteiger partial charge on any atom is 0.316 e. The standard InChI is InChI=1S/C21H25NO4S/c1-13-8-7-9-14(2)19(13)26-12-15(3)22-20(23)17-10-5-6-11-18(17)27-16(4)21(24)25/h5-11,15-16H,12H2,1-4H3,(H,22,23)(H,24,25). The zero-order chi connectivity index (χ0) is 20.0. The molecule has 0 aliphatic heterocycles. The Morgan fingerprint density at radius 1 is 1.07 bits per heavy atom. The predicted molar refractivity (Wildman–Crippen MR) is 108 cm³/mol. The number of thioether (sulfide) groups is 1. The van der Waals surface area contributed by atoms with Crippen LogP contribution in [0.4, 0.5) is 0 Å². The van der Waals surface area contributed by atoms with Gasteiger partial charge in [-0.15, -0.1) is 11.8 Å². The topological polar surface area (TPSA) is 75.6 Å². The van der Waals surface area contributed by atoms with Crippen LogP contribution in [0.1, 0.15) is 35.3 Å². The van der Waals surface area contributed by atoms with E-state index in [2.05, 4.69) is 5.32 Å². The van der Waals surface area contributed by atoms with E-state index in [1.807, 2.05) is 39.0 Å². The second-order valence-corrected chi connectivity index (χ2v) is 7.88. The van der Waals surface area contributed by atoms with Crippen molar-refractivity contribution in [2.24, 2.45) is 0 Å². The monoisotopic (exact) mass is 387 g/mol. The lowest BCUT2D eigenvalue weighted by atomic mass is 10.1. The Kier molecular flexibility index (Phi) is 7.30. The SMILES string of the molecule is Cc1cccc(C)c1OCC(C)NC(=O)c1ccccc1SC(C)C(=O)O. The summed E-state index contributed by atoms with van der Waals surface area (Å²) in [5, 5.41) is 11.4. The molecule has 0 aromatic heterocycles. The van der Waals surface area contributed by atoms with Crippen molar-refractivity contribution < 1.29 is 19.4 Å². The molecule has 0 radical (unpaired) electrons. The summed E-state index contributed by atoms with van der Waals surface area (Å²) in [5.41, 5.74) is 2.57. The first-order valence-corrected chi connectivity index (χ1v) is 9.66. The number of carbonyl (C=O) groups is 2. The average molecular weight is 388 g/mol. The first-order chi connectivity index (χ1) is 12.8. The Bertz CT molecular complexity index is 801. The summed E-state index contributed by atoms with van der Waals surface area (Å²) in [5.74, 6) is -0.316. The molecule has 2 atom stereocenters. The molecule has 0 fully saturated rings. The summed E-state index contributed by atoms with van der Waals surface area (Å²) in [4.78, 5) is 24.4. The summed E-state index contributed by atoms with van der Waals surface area (Å²) in [7, 11) is 0. The van der Waals surface area contributed by atoms with Gasteiger partial charge in [0.05, 0.1) is 11.6 Å². The van der Waals surface area contributed by atoms with Crippen molar-refractivity contribution in [3.05, 3.63) is 59.2 Å². The molecule has 144 valence electrons. The van der Waals surface area contributed by atoms with Gasteiger partial charge in [0.1, 0.15) is 17.6 Å². The Balaban J connectivity index is 2.01. The normalized spacial score (nSPS) is 12.9. The minimum absolute atomic E-state index is 0.202. The molecule has 27 heavy (non-hydrogen) atoms. The smallest absolute Gasteiger partial charge is 0.316 e. The number of carboxylic acids is 1. The maximum atomic E-state index is 12.6. The van der Waals surface area contributed by atoms with Crippen LogP contribution in [0.15, 0.2) is 47.4 Å². The van der Waals surface area contributed by atoms with Crippen LogP contribution in [0.3, 0.4) is 0 Å². The summed E-state index contributed by atoms with van der Waals surface area (Å²) in [6.45, 7) is 7.80. The summed E-state index contributed by atoms with van der Waals surface area (Å²) in [6.07, 6.45) is 0. The maximum absolute atomic E-state index is 12.6. The molecule has 2 N–H and O–H groups in total. The molecule has 0 aliphatic rings. The van der Waals surface area contributed by atoms with Crippen LogP contribution < -0.4 is 10.1 Å². The van der Waals surface area contributed by atoms with E-state index in [0.717, 1.165) is 28.6 Å². The minimum Gasteiger partial charge on any atom is -0.491 e. The molecule has 5 nitrogen and oxygen atoms in total. The molecular weight excluding hydrogens is 362 g/mol. The first kappa shape index (κ1) is 20.8. The molecule has 0 spiro atoms. The van der Waals surface area contributed by atoms with Gasteiger partial charge in [0.15, 0.2) is 0 Å². The zero-order valence-corrected chi connectivity index (χ0v) is 16.8. The van der Waals surface area contributed by atoms with Gasteiger partial charge < -0.3 is 15.2 Å². The third-order valence-electron chi connectivity index (χ3n) is 4.05. The van der Waals surface area contributed by atoms with Crippen LogP contribution in [-0.2, 0) is 4.79 Å². The summed E-state index contributed by atoms with van der Waals surface area (Å²) >= 11 is 1.16. The molecule has 0 heterocycles. The zero-order valence-electron chi connectivity index (χ0n) is 16.0. The number of ether oxygens (including phenoxy) is 1. The molecule has 0 bridgehead atoms. The molecule has 6 heteroatoms. The fourth-order valence-electron chi connectivity index (χ4n) is 2.58. The predicted octanol–water partition coefficient (Wildman–Crippen LogP) is 4.07. The third-order valence-corrected chi connectivity index (χ3v) is 5.21.